The van der Waals surface area contributed by atoms with E-state index in [0.717, 1.165) is 43.0 Å². The van der Waals surface area contributed by atoms with Gasteiger partial charge in [-0.2, -0.15) is 18.4 Å². The average molecular weight is 417 g/mol. The Bertz CT molecular complexity index is 1010. The van der Waals surface area contributed by atoms with Gasteiger partial charge in [0.05, 0.1) is 11.7 Å². The minimum Gasteiger partial charge on any atom is -0.376 e. The number of carbonyl (C=O) groups excluding carboxylic acids is 1. The number of nitrogens with one attached hydrogen (secondary N) is 1. The molecule has 158 valence electrons. The van der Waals surface area contributed by atoms with Crippen molar-refractivity contribution in [2.24, 2.45) is 0 Å². The first-order chi connectivity index (χ1) is 14.2. The van der Waals surface area contributed by atoms with Crippen LogP contribution in [0.4, 0.5) is 18.9 Å². The van der Waals surface area contributed by atoms with Crippen LogP contribution >= 0.6 is 0 Å². The van der Waals surface area contributed by atoms with Gasteiger partial charge in [0.1, 0.15) is 11.6 Å². The highest BCUT2D eigenvalue weighted by Gasteiger charge is 2.30. The highest BCUT2D eigenvalue weighted by atomic mass is 19.4. The zero-order chi connectivity index (χ0) is 21.9. The van der Waals surface area contributed by atoms with E-state index in [0.29, 0.717) is 12.1 Å². The largest absolute Gasteiger partial charge is 0.416 e. The fourth-order valence-corrected chi connectivity index (χ4v) is 3.52. The number of rotatable bonds is 5. The van der Waals surface area contributed by atoms with E-state index in [9.17, 15) is 23.2 Å². The second-order valence-corrected chi connectivity index (χ2v) is 7.27. The van der Waals surface area contributed by atoms with Gasteiger partial charge in [-0.3, -0.25) is 4.79 Å². The number of amides is 1. The van der Waals surface area contributed by atoms with Gasteiger partial charge in [-0.1, -0.05) is 6.07 Å². The molecule has 0 bridgehead atoms. The van der Waals surface area contributed by atoms with Gasteiger partial charge in [-0.05, 0) is 62.6 Å². The number of nitriles is 1. The lowest BCUT2D eigenvalue weighted by molar-refractivity contribution is -0.137. The molecule has 8 heteroatoms. The molecule has 5 nitrogen and oxygen atoms in total. The number of ether oxygens (including phenoxy) is 1. The number of hydrogen-bond donors (Lipinski definition) is 1. The molecule has 1 aliphatic heterocycles. The minimum absolute atomic E-state index is 0.0279. The summed E-state index contributed by atoms with van der Waals surface area (Å²) in [6.45, 7) is 5.29. The van der Waals surface area contributed by atoms with Gasteiger partial charge in [0.15, 0.2) is 0 Å². The normalized spacial score (nSPS) is 17.1. The van der Waals surface area contributed by atoms with E-state index >= 15 is 0 Å². The number of aromatic nitrogens is 1. The van der Waals surface area contributed by atoms with Crippen LogP contribution in [-0.4, -0.2) is 23.2 Å². The van der Waals surface area contributed by atoms with Crippen molar-refractivity contribution in [1.82, 2.24) is 4.57 Å². The van der Waals surface area contributed by atoms with E-state index < -0.39 is 17.6 Å². The summed E-state index contributed by atoms with van der Waals surface area (Å²) < 4.78 is 46.3. The summed E-state index contributed by atoms with van der Waals surface area (Å²) in [6, 6.07) is 8.01. The van der Waals surface area contributed by atoms with E-state index in [1.807, 2.05) is 26.0 Å². The molecule has 1 N–H and O–H groups in total. The fraction of sp³-hybridized carbons (Fsp3) is 0.364. The Morgan fingerprint density at radius 2 is 2.13 bits per heavy atom. The van der Waals surface area contributed by atoms with Gasteiger partial charge in [0.2, 0.25) is 0 Å². The Kier molecular flexibility index (Phi) is 6.32. The predicted octanol–water partition coefficient (Wildman–Crippen LogP) is 4.85. The van der Waals surface area contributed by atoms with Crippen molar-refractivity contribution in [2.75, 3.05) is 11.9 Å². The van der Waals surface area contributed by atoms with Gasteiger partial charge in [0, 0.05) is 30.2 Å². The molecule has 2 aromatic rings. The number of carbonyl (C=O) groups is 1. The zero-order valence-corrected chi connectivity index (χ0v) is 16.7. The molecule has 0 unspecified atom stereocenters. The van der Waals surface area contributed by atoms with Crippen molar-refractivity contribution in [3.05, 3.63) is 58.4 Å². The summed E-state index contributed by atoms with van der Waals surface area (Å²) in [5, 5.41) is 11.8. The predicted molar refractivity (Wildman–Crippen MR) is 107 cm³/mol. The Morgan fingerprint density at radius 1 is 1.37 bits per heavy atom. The molecule has 1 aliphatic rings. The monoisotopic (exact) mass is 417 g/mol. The van der Waals surface area contributed by atoms with Crippen LogP contribution in [0.5, 0.6) is 0 Å². The summed E-state index contributed by atoms with van der Waals surface area (Å²) in [5.41, 5.74) is 1.48. The maximum atomic E-state index is 12.9. The van der Waals surface area contributed by atoms with Crippen molar-refractivity contribution in [2.45, 2.75) is 45.5 Å². The third kappa shape index (κ3) is 4.92. The number of alkyl halides is 3. The number of anilines is 1. The summed E-state index contributed by atoms with van der Waals surface area (Å²) in [5.74, 6) is -0.763. The van der Waals surface area contributed by atoms with Gasteiger partial charge in [-0.15, -0.1) is 0 Å². The Labute approximate surface area is 172 Å². The van der Waals surface area contributed by atoms with Crippen molar-refractivity contribution in [3.63, 3.8) is 0 Å². The Morgan fingerprint density at radius 3 is 2.77 bits per heavy atom. The molecule has 30 heavy (non-hydrogen) atoms. The minimum atomic E-state index is -4.52. The molecule has 1 aromatic carbocycles. The molecule has 0 spiro atoms. The van der Waals surface area contributed by atoms with Crippen LogP contribution in [0.25, 0.3) is 6.08 Å². The van der Waals surface area contributed by atoms with E-state index in [2.05, 4.69) is 9.88 Å². The van der Waals surface area contributed by atoms with Crippen molar-refractivity contribution in [1.29, 1.82) is 5.26 Å². The number of benzene rings is 1. The Balaban J connectivity index is 1.80. The standard InChI is InChI=1S/C22H22F3N3O2/c1-14-9-16(15(2)28(14)13-20-7-4-8-30-20)10-17(12-26)21(29)27-19-6-3-5-18(11-19)22(23,24)25/h3,5-6,9-11,20H,4,7-8,13H2,1-2H3,(H,27,29)/b17-10+/t20-/m1/s1. The molecule has 0 saturated carbocycles. The molecule has 2 heterocycles. The molecular formula is C22H22F3N3O2. The van der Waals surface area contributed by atoms with Crippen LogP contribution in [0.3, 0.4) is 0 Å². The first-order valence-corrected chi connectivity index (χ1v) is 9.58. The van der Waals surface area contributed by atoms with E-state index in [4.69, 9.17) is 4.74 Å². The van der Waals surface area contributed by atoms with Crippen LogP contribution in [0.1, 0.15) is 35.4 Å². The summed E-state index contributed by atoms with van der Waals surface area (Å²) in [6.07, 6.45) is -0.894. The molecule has 1 saturated heterocycles. The molecule has 0 radical (unpaired) electrons. The summed E-state index contributed by atoms with van der Waals surface area (Å²) in [7, 11) is 0. The van der Waals surface area contributed by atoms with Crippen LogP contribution in [-0.2, 0) is 22.3 Å². The maximum Gasteiger partial charge on any atom is 0.416 e. The van der Waals surface area contributed by atoms with E-state index in [1.165, 1.54) is 18.2 Å². The van der Waals surface area contributed by atoms with Gasteiger partial charge >= 0.3 is 6.18 Å². The molecule has 1 aromatic heterocycles. The molecule has 1 fully saturated rings. The lowest BCUT2D eigenvalue weighted by Crippen LogP contribution is -2.17. The lowest BCUT2D eigenvalue weighted by Gasteiger charge is -2.14. The smallest absolute Gasteiger partial charge is 0.376 e. The summed E-state index contributed by atoms with van der Waals surface area (Å²) in [4.78, 5) is 12.5. The third-order valence-corrected chi connectivity index (χ3v) is 5.14. The third-order valence-electron chi connectivity index (χ3n) is 5.14. The van der Waals surface area contributed by atoms with Gasteiger partial charge < -0.3 is 14.6 Å². The van der Waals surface area contributed by atoms with Crippen LogP contribution in [0.15, 0.2) is 35.9 Å². The average Bonchev–Trinajstić information content (AvgIpc) is 3.29. The van der Waals surface area contributed by atoms with E-state index in [1.54, 1.807) is 0 Å². The number of nitrogens with zero attached hydrogens (tertiary/aromatic N) is 2. The number of halogens is 3. The second-order valence-electron chi connectivity index (χ2n) is 7.27. The van der Waals surface area contributed by atoms with Crippen molar-refractivity contribution in [3.8, 4) is 6.07 Å². The van der Waals surface area contributed by atoms with Crippen LogP contribution in [0.2, 0.25) is 0 Å². The van der Waals surface area contributed by atoms with Crippen LogP contribution in [0, 0.1) is 25.2 Å². The van der Waals surface area contributed by atoms with E-state index in [-0.39, 0.29) is 17.4 Å². The second kappa shape index (κ2) is 8.76. The quantitative estimate of drug-likeness (QED) is 0.559. The molecule has 3 rings (SSSR count). The zero-order valence-electron chi connectivity index (χ0n) is 16.7. The first kappa shape index (κ1) is 21.7. The molecule has 1 amide bonds. The highest BCUT2D eigenvalue weighted by molar-refractivity contribution is 6.09. The maximum absolute atomic E-state index is 12.9. The molecule has 1 atom stereocenters. The van der Waals surface area contributed by atoms with Gasteiger partial charge in [0.25, 0.3) is 5.91 Å². The summed E-state index contributed by atoms with van der Waals surface area (Å²) >= 11 is 0. The fourth-order valence-electron chi connectivity index (χ4n) is 3.52. The van der Waals surface area contributed by atoms with Crippen LogP contribution < -0.4 is 5.32 Å². The molecular weight excluding hydrogens is 395 g/mol. The van der Waals surface area contributed by atoms with Gasteiger partial charge in [-0.25, -0.2) is 0 Å². The number of hydrogen-bond acceptors (Lipinski definition) is 3. The Hall–Kier alpha value is -3.05. The highest BCUT2D eigenvalue weighted by Crippen LogP contribution is 2.31. The topological polar surface area (TPSA) is 67.0 Å². The lowest BCUT2D eigenvalue weighted by atomic mass is 10.1. The van der Waals surface area contributed by atoms with Crippen molar-refractivity contribution >= 4 is 17.7 Å². The first-order valence-electron chi connectivity index (χ1n) is 9.58. The number of aryl methyl sites for hydroxylation is 1. The SMILES string of the molecule is Cc1cc(/C=C(\C#N)C(=O)Nc2cccc(C(F)(F)F)c2)c(C)n1C[C@H]1CCCO1. The van der Waals surface area contributed by atoms with Crippen molar-refractivity contribution < 1.29 is 22.7 Å². The molecule has 0 aliphatic carbocycles.